The van der Waals surface area contributed by atoms with Crippen molar-refractivity contribution in [3.63, 3.8) is 0 Å². The zero-order chi connectivity index (χ0) is 12.3. The first-order valence-corrected chi connectivity index (χ1v) is 5.35. The topological polar surface area (TPSA) is 46.6 Å². The predicted molar refractivity (Wildman–Crippen MR) is 63.4 cm³/mol. The van der Waals surface area contributed by atoms with Gasteiger partial charge in [0, 0.05) is 18.3 Å². The fourth-order valence-electron chi connectivity index (χ4n) is 1.78. The quantitative estimate of drug-likeness (QED) is 0.722. The molecule has 1 aliphatic heterocycles. The number of ether oxygens (including phenoxy) is 1. The number of methoxy groups -OCH3 is 1. The molecular formula is C13H13NO3. The molecule has 4 nitrogen and oxygen atoms in total. The van der Waals surface area contributed by atoms with E-state index >= 15 is 0 Å². The molecule has 2 rings (SSSR count). The minimum atomic E-state index is -0.391. The van der Waals surface area contributed by atoms with Crippen molar-refractivity contribution in [2.24, 2.45) is 5.92 Å². The molecule has 4 heteroatoms. The number of hydrogen-bond acceptors (Lipinski definition) is 3. The van der Waals surface area contributed by atoms with E-state index in [1.807, 2.05) is 30.3 Å². The van der Waals surface area contributed by atoms with Crippen molar-refractivity contribution < 1.29 is 14.3 Å². The standard InChI is InChI=1S/C13H13NO3/c1-17-13(16)10-7-8-12(15)14(9-10)11-5-3-2-4-6-11/h2-8,10H,9H2,1H3. The van der Waals surface area contributed by atoms with Crippen LogP contribution in [0.2, 0.25) is 0 Å². The van der Waals surface area contributed by atoms with Crippen molar-refractivity contribution in [1.29, 1.82) is 0 Å². The maximum absolute atomic E-state index is 11.7. The van der Waals surface area contributed by atoms with Gasteiger partial charge in [-0.25, -0.2) is 0 Å². The van der Waals surface area contributed by atoms with Crippen molar-refractivity contribution >= 4 is 17.6 Å². The molecule has 0 bridgehead atoms. The highest BCUT2D eigenvalue weighted by molar-refractivity contribution is 6.03. The summed E-state index contributed by atoms with van der Waals surface area (Å²) in [4.78, 5) is 24.7. The van der Waals surface area contributed by atoms with Crippen LogP contribution in [0.1, 0.15) is 0 Å². The van der Waals surface area contributed by atoms with Crippen LogP contribution < -0.4 is 4.90 Å². The second-order valence-electron chi connectivity index (χ2n) is 3.77. The Morgan fingerprint density at radius 1 is 1.35 bits per heavy atom. The van der Waals surface area contributed by atoms with Gasteiger partial charge in [0.1, 0.15) is 0 Å². The third-order valence-corrected chi connectivity index (χ3v) is 2.69. The molecular weight excluding hydrogens is 218 g/mol. The van der Waals surface area contributed by atoms with Gasteiger partial charge in [-0.05, 0) is 12.1 Å². The Bertz CT molecular complexity index is 453. The van der Waals surface area contributed by atoms with Gasteiger partial charge in [0.25, 0.3) is 5.91 Å². The molecule has 17 heavy (non-hydrogen) atoms. The molecule has 0 saturated carbocycles. The Morgan fingerprint density at radius 2 is 2.06 bits per heavy atom. The monoisotopic (exact) mass is 231 g/mol. The van der Waals surface area contributed by atoms with Crippen LogP contribution in [0.4, 0.5) is 5.69 Å². The van der Waals surface area contributed by atoms with Crippen molar-refractivity contribution in [2.75, 3.05) is 18.6 Å². The third-order valence-electron chi connectivity index (χ3n) is 2.69. The smallest absolute Gasteiger partial charge is 0.314 e. The van der Waals surface area contributed by atoms with Crippen LogP contribution in [-0.4, -0.2) is 25.5 Å². The van der Waals surface area contributed by atoms with Crippen molar-refractivity contribution in [1.82, 2.24) is 0 Å². The molecule has 0 aliphatic carbocycles. The van der Waals surface area contributed by atoms with Gasteiger partial charge in [0.05, 0.1) is 13.0 Å². The first kappa shape index (κ1) is 11.4. The molecule has 88 valence electrons. The van der Waals surface area contributed by atoms with E-state index in [0.717, 1.165) is 5.69 Å². The average molecular weight is 231 g/mol. The van der Waals surface area contributed by atoms with E-state index in [4.69, 9.17) is 0 Å². The van der Waals surface area contributed by atoms with Gasteiger partial charge in [-0.1, -0.05) is 24.3 Å². The van der Waals surface area contributed by atoms with Crippen LogP contribution in [0.3, 0.4) is 0 Å². The Balaban J connectivity index is 2.22. The van der Waals surface area contributed by atoms with E-state index in [-0.39, 0.29) is 11.9 Å². The largest absolute Gasteiger partial charge is 0.469 e. The zero-order valence-corrected chi connectivity index (χ0v) is 9.50. The van der Waals surface area contributed by atoms with E-state index in [0.29, 0.717) is 6.54 Å². The lowest BCUT2D eigenvalue weighted by atomic mass is 10.0. The molecule has 0 saturated heterocycles. The van der Waals surface area contributed by atoms with Crippen LogP contribution >= 0.6 is 0 Å². The first-order chi connectivity index (χ1) is 8.22. The third kappa shape index (κ3) is 2.36. The summed E-state index contributed by atoms with van der Waals surface area (Å²) in [6.07, 6.45) is 3.01. The first-order valence-electron chi connectivity index (χ1n) is 5.35. The van der Waals surface area contributed by atoms with Crippen LogP contribution in [0, 0.1) is 5.92 Å². The molecule has 1 aromatic rings. The van der Waals surface area contributed by atoms with Crippen LogP contribution in [0.25, 0.3) is 0 Å². The minimum absolute atomic E-state index is 0.114. The van der Waals surface area contributed by atoms with Crippen molar-refractivity contribution in [2.45, 2.75) is 0 Å². The SMILES string of the molecule is COC(=O)C1C=CC(=O)N(c2ccccc2)C1. The molecule has 1 atom stereocenters. The lowest BCUT2D eigenvalue weighted by Gasteiger charge is -2.27. The molecule has 0 aromatic heterocycles. The van der Waals surface area contributed by atoms with E-state index in [1.54, 1.807) is 11.0 Å². The summed E-state index contributed by atoms with van der Waals surface area (Å²) in [7, 11) is 1.35. The second-order valence-corrected chi connectivity index (χ2v) is 3.77. The van der Waals surface area contributed by atoms with E-state index < -0.39 is 5.92 Å². The molecule has 1 heterocycles. The normalized spacial score (nSPS) is 19.2. The molecule has 0 spiro atoms. The van der Waals surface area contributed by atoms with E-state index in [1.165, 1.54) is 13.2 Å². The molecule has 1 aromatic carbocycles. The average Bonchev–Trinajstić information content (AvgIpc) is 2.39. The number of benzene rings is 1. The zero-order valence-electron chi connectivity index (χ0n) is 9.50. The fraction of sp³-hybridized carbons (Fsp3) is 0.231. The second kappa shape index (κ2) is 4.82. The molecule has 1 amide bonds. The van der Waals surface area contributed by atoms with E-state index in [9.17, 15) is 9.59 Å². The van der Waals surface area contributed by atoms with Crippen LogP contribution in [0.5, 0.6) is 0 Å². The van der Waals surface area contributed by atoms with Gasteiger partial charge < -0.3 is 9.64 Å². The van der Waals surface area contributed by atoms with Gasteiger partial charge in [0.15, 0.2) is 0 Å². The number of rotatable bonds is 2. The van der Waals surface area contributed by atoms with Gasteiger partial charge >= 0.3 is 5.97 Å². The number of hydrogen-bond donors (Lipinski definition) is 0. The lowest BCUT2D eigenvalue weighted by molar-refractivity contribution is -0.143. The number of amides is 1. The fourth-order valence-corrected chi connectivity index (χ4v) is 1.78. The summed E-state index contributed by atoms with van der Waals surface area (Å²) in [5, 5.41) is 0. The highest BCUT2D eigenvalue weighted by Gasteiger charge is 2.27. The maximum atomic E-state index is 11.7. The number of carbonyl (C=O) groups is 2. The Kier molecular flexibility index (Phi) is 3.23. The van der Waals surface area contributed by atoms with Gasteiger partial charge in [-0.15, -0.1) is 0 Å². The number of esters is 1. The van der Waals surface area contributed by atoms with Crippen LogP contribution in [-0.2, 0) is 14.3 Å². The predicted octanol–water partition coefficient (Wildman–Crippen LogP) is 1.38. The number of anilines is 1. The summed E-state index contributed by atoms with van der Waals surface area (Å²) in [6, 6.07) is 9.27. The molecule has 0 fully saturated rings. The number of nitrogens with zero attached hydrogens (tertiary/aromatic N) is 1. The van der Waals surface area contributed by atoms with Crippen LogP contribution in [0.15, 0.2) is 42.5 Å². The van der Waals surface area contributed by atoms with Gasteiger partial charge in [-0.2, -0.15) is 0 Å². The summed E-state index contributed by atoms with van der Waals surface area (Å²) < 4.78 is 4.68. The summed E-state index contributed by atoms with van der Waals surface area (Å²) >= 11 is 0. The molecule has 0 N–H and O–H groups in total. The Labute approximate surface area is 99.5 Å². The van der Waals surface area contributed by atoms with Crippen molar-refractivity contribution in [3.8, 4) is 0 Å². The Morgan fingerprint density at radius 3 is 2.71 bits per heavy atom. The summed E-state index contributed by atoms with van der Waals surface area (Å²) in [6.45, 7) is 0.325. The number of para-hydroxylation sites is 1. The van der Waals surface area contributed by atoms with Crippen molar-refractivity contribution in [3.05, 3.63) is 42.5 Å². The van der Waals surface area contributed by atoms with Gasteiger partial charge in [0.2, 0.25) is 0 Å². The van der Waals surface area contributed by atoms with E-state index in [2.05, 4.69) is 4.74 Å². The minimum Gasteiger partial charge on any atom is -0.469 e. The summed E-state index contributed by atoms with van der Waals surface area (Å²) in [5.74, 6) is -0.830. The summed E-state index contributed by atoms with van der Waals surface area (Å²) in [5.41, 5.74) is 0.788. The number of carbonyl (C=O) groups excluding carboxylic acids is 2. The maximum Gasteiger partial charge on any atom is 0.314 e. The highest BCUT2D eigenvalue weighted by Crippen LogP contribution is 2.20. The molecule has 1 unspecified atom stereocenters. The molecule has 1 aliphatic rings. The Hall–Kier alpha value is -2.10. The lowest BCUT2D eigenvalue weighted by Crippen LogP contribution is -2.40. The highest BCUT2D eigenvalue weighted by atomic mass is 16.5. The van der Waals surface area contributed by atoms with Gasteiger partial charge in [-0.3, -0.25) is 9.59 Å². The molecule has 0 radical (unpaired) electrons.